The molecule has 2 N–H and O–H groups in total. The molecule has 0 bridgehead atoms. The molecule has 1 aliphatic heterocycles. The molecule has 2 rings (SSSR count). The first-order valence-electron chi connectivity index (χ1n) is 5.77. The summed E-state index contributed by atoms with van der Waals surface area (Å²) in [6, 6.07) is 5.58. The second kappa shape index (κ2) is 4.45. The third-order valence-electron chi connectivity index (χ3n) is 2.80. The van der Waals surface area contributed by atoms with Crippen LogP contribution in [-0.4, -0.2) is 19.4 Å². The fourth-order valence-electron chi connectivity index (χ4n) is 1.69. The van der Waals surface area contributed by atoms with Gasteiger partial charge in [-0.1, -0.05) is 20.8 Å². The number of fused-ring (bicyclic) bond motifs is 1. The van der Waals surface area contributed by atoms with E-state index in [-0.39, 0.29) is 18.3 Å². The number of hydrogen-bond acceptors (Lipinski definition) is 4. The van der Waals surface area contributed by atoms with Crippen LogP contribution in [0.15, 0.2) is 18.2 Å². The molecule has 94 valence electrons. The Bertz CT molecular complexity index is 398. The number of rotatable bonds is 3. The molecule has 0 amide bonds. The van der Waals surface area contributed by atoms with Gasteiger partial charge in [-0.2, -0.15) is 0 Å². The molecule has 1 aromatic rings. The Kier molecular flexibility index (Phi) is 3.15. The van der Waals surface area contributed by atoms with Gasteiger partial charge in [-0.15, -0.1) is 0 Å². The molecule has 17 heavy (non-hydrogen) atoms. The zero-order chi connectivity index (χ0) is 12.5. The number of benzene rings is 1. The van der Waals surface area contributed by atoms with Gasteiger partial charge < -0.3 is 19.9 Å². The lowest BCUT2D eigenvalue weighted by Gasteiger charge is -2.30. The van der Waals surface area contributed by atoms with E-state index in [0.717, 1.165) is 17.2 Å². The smallest absolute Gasteiger partial charge is 0.231 e. The lowest BCUT2D eigenvalue weighted by atomic mass is 9.89. The molecule has 1 aromatic carbocycles. The van der Waals surface area contributed by atoms with E-state index in [0.29, 0.717) is 6.54 Å². The highest BCUT2D eigenvalue weighted by atomic mass is 16.7. The molecule has 4 nitrogen and oxygen atoms in total. The number of ether oxygens (including phenoxy) is 3. The Morgan fingerprint density at radius 2 is 2.00 bits per heavy atom. The van der Waals surface area contributed by atoms with Crippen molar-refractivity contribution in [2.24, 2.45) is 11.1 Å². The minimum Gasteiger partial charge on any atom is -0.488 e. The van der Waals surface area contributed by atoms with Gasteiger partial charge in [0.2, 0.25) is 6.79 Å². The largest absolute Gasteiger partial charge is 0.488 e. The van der Waals surface area contributed by atoms with Crippen LogP contribution >= 0.6 is 0 Å². The van der Waals surface area contributed by atoms with Crippen molar-refractivity contribution >= 4 is 0 Å². The average molecular weight is 237 g/mol. The molecule has 0 spiro atoms. The summed E-state index contributed by atoms with van der Waals surface area (Å²) in [5, 5.41) is 0. The van der Waals surface area contributed by atoms with Crippen LogP contribution in [0.3, 0.4) is 0 Å². The molecule has 4 heteroatoms. The quantitative estimate of drug-likeness (QED) is 0.875. The maximum Gasteiger partial charge on any atom is 0.231 e. The molecular formula is C13H19NO3. The van der Waals surface area contributed by atoms with Crippen LogP contribution in [0, 0.1) is 5.41 Å². The van der Waals surface area contributed by atoms with E-state index in [1.807, 2.05) is 18.2 Å². The predicted molar refractivity (Wildman–Crippen MR) is 65.5 cm³/mol. The van der Waals surface area contributed by atoms with E-state index < -0.39 is 0 Å². The van der Waals surface area contributed by atoms with Gasteiger partial charge in [-0.25, -0.2) is 0 Å². The zero-order valence-corrected chi connectivity index (χ0v) is 10.5. The molecule has 1 unspecified atom stereocenters. The summed E-state index contributed by atoms with van der Waals surface area (Å²) in [5.74, 6) is 2.25. The molecule has 1 atom stereocenters. The van der Waals surface area contributed by atoms with Crippen LogP contribution in [-0.2, 0) is 0 Å². The molecule has 0 aromatic heterocycles. The summed E-state index contributed by atoms with van der Waals surface area (Å²) in [4.78, 5) is 0. The van der Waals surface area contributed by atoms with Crippen molar-refractivity contribution in [3.63, 3.8) is 0 Å². The van der Waals surface area contributed by atoms with E-state index in [2.05, 4.69) is 20.8 Å². The first-order valence-corrected chi connectivity index (χ1v) is 5.77. The minimum absolute atomic E-state index is 0.00508. The highest BCUT2D eigenvalue weighted by molar-refractivity contribution is 5.46. The van der Waals surface area contributed by atoms with E-state index in [1.54, 1.807) is 0 Å². The molecule has 0 fully saturated rings. The van der Waals surface area contributed by atoms with Crippen LogP contribution in [0.25, 0.3) is 0 Å². The number of hydrogen-bond donors (Lipinski definition) is 1. The van der Waals surface area contributed by atoms with Crippen molar-refractivity contribution in [2.45, 2.75) is 26.9 Å². The Hall–Kier alpha value is -1.42. The Balaban J connectivity index is 2.13. The Morgan fingerprint density at radius 1 is 1.29 bits per heavy atom. The van der Waals surface area contributed by atoms with Gasteiger partial charge in [0.25, 0.3) is 0 Å². The second-order valence-electron chi connectivity index (χ2n) is 5.22. The van der Waals surface area contributed by atoms with Crippen molar-refractivity contribution in [2.75, 3.05) is 13.3 Å². The Labute approximate surface area is 102 Å². The molecule has 0 aliphatic carbocycles. The van der Waals surface area contributed by atoms with E-state index in [9.17, 15) is 0 Å². The van der Waals surface area contributed by atoms with Crippen molar-refractivity contribution < 1.29 is 14.2 Å². The number of nitrogens with two attached hydrogens (primary N) is 1. The van der Waals surface area contributed by atoms with Gasteiger partial charge in [0, 0.05) is 18.0 Å². The lowest BCUT2D eigenvalue weighted by Crippen LogP contribution is -2.38. The van der Waals surface area contributed by atoms with E-state index in [1.165, 1.54) is 0 Å². The molecule has 1 aliphatic rings. The maximum absolute atomic E-state index is 5.89. The highest BCUT2D eigenvalue weighted by Gasteiger charge is 2.25. The summed E-state index contributed by atoms with van der Waals surface area (Å²) < 4.78 is 16.4. The van der Waals surface area contributed by atoms with Crippen molar-refractivity contribution in [1.82, 2.24) is 0 Å². The molecule has 0 saturated heterocycles. The SMILES string of the molecule is CC(C)(C)C(CN)Oc1ccc2c(c1)OCO2. The first-order chi connectivity index (χ1) is 8.00. The second-order valence-corrected chi connectivity index (χ2v) is 5.22. The fraction of sp³-hybridized carbons (Fsp3) is 0.538. The van der Waals surface area contributed by atoms with Gasteiger partial charge >= 0.3 is 0 Å². The topological polar surface area (TPSA) is 53.7 Å². The van der Waals surface area contributed by atoms with Gasteiger partial charge in [0.1, 0.15) is 11.9 Å². The van der Waals surface area contributed by atoms with E-state index >= 15 is 0 Å². The normalized spacial score (nSPS) is 15.8. The zero-order valence-electron chi connectivity index (χ0n) is 10.5. The summed E-state index contributed by atoms with van der Waals surface area (Å²) in [7, 11) is 0. The summed E-state index contributed by atoms with van der Waals surface area (Å²) in [6.07, 6.45) is -0.0251. The lowest BCUT2D eigenvalue weighted by molar-refractivity contribution is 0.0939. The van der Waals surface area contributed by atoms with Gasteiger partial charge in [-0.3, -0.25) is 0 Å². The van der Waals surface area contributed by atoms with Gasteiger partial charge in [0.05, 0.1) is 0 Å². The average Bonchev–Trinajstić information content (AvgIpc) is 2.71. The summed E-state index contributed by atoms with van der Waals surface area (Å²) >= 11 is 0. The molecular weight excluding hydrogens is 218 g/mol. The van der Waals surface area contributed by atoms with Gasteiger partial charge in [0.15, 0.2) is 11.5 Å². The van der Waals surface area contributed by atoms with Crippen LogP contribution in [0.4, 0.5) is 0 Å². The maximum atomic E-state index is 5.89. The fourth-order valence-corrected chi connectivity index (χ4v) is 1.69. The van der Waals surface area contributed by atoms with Crippen LogP contribution in [0.1, 0.15) is 20.8 Å². The van der Waals surface area contributed by atoms with Crippen LogP contribution < -0.4 is 19.9 Å². The standard InChI is InChI=1S/C13H19NO3/c1-13(2,3)12(7-14)17-9-4-5-10-11(6-9)16-8-15-10/h4-6,12H,7-8,14H2,1-3H3. The minimum atomic E-state index is -0.0251. The first kappa shape index (κ1) is 12.0. The molecule has 1 heterocycles. The monoisotopic (exact) mass is 237 g/mol. The Morgan fingerprint density at radius 3 is 2.65 bits per heavy atom. The third-order valence-corrected chi connectivity index (χ3v) is 2.80. The summed E-state index contributed by atoms with van der Waals surface area (Å²) in [6.45, 7) is 7.09. The van der Waals surface area contributed by atoms with E-state index in [4.69, 9.17) is 19.9 Å². The highest BCUT2D eigenvalue weighted by Crippen LogP contribution is 2.36. The van der Waals surface area contributed by atoms with Crippen LogP contribution in [0.2, 0.25) is 0 Å². The summed E-state index contributed by atoms with van der Waals surface area (Å²) in [5.41, 5.74) is 5.74. The van der Waals surface area contributed by atoms with Crippen molar-refractivity contribution in [3.05, 3.63) is 18.2 Å². The van der Waals surface area contributed by atoms with Crippen molar-refractivity contribution in [1.29, 1.82) is 0 Å². The predicted octanol–water partition coefficient (Wildman–Crippen LogP) is 2.17. The third kappa shape index (κ3) is 2.64. The molecule has 0 radical (unpaired) electrons. The molecule has 0 saturated carbocycles. The van der Waals surface area contributed by atoms with Crippen LogP contribution in [0.5, 0.6) is 17.2 Å². The van der Waals surface area contributed by atoms with Gasteiger partial charge in [-0.05, 0) is 12.1 Å². The van der Waals surface area contributed by atoms with Crippen molar-refractivity contribution in [3.8, 4) is 17.2 Å².